The fourth-order valence-corrected chi connectivity index (χ4v) is 3.44. The molecule has 8 heteroatoms. The number of ether oxygens (including phenoxy) is 2. The highest BCUT2D eigenvalue weighted by Crippen LogP contribution is 2.27. The van der Waals surface area contributed by atoms with Crippen molar-refractivity contribution in [2.75, 3.05) is 13.2 Å². The minimum Gasteiger partial charge on any atom is -0.487 e. The molecule has 0 spiro atoms. The van der Waals surface area contributed by atoms with E-state index in [1.807, 2.05) is 0 Å². The minimum absolute atomic E-state index is 0.0143. The summed E-state index contributed by atoms with van der Waals surface area (Å²) in [5, 5.41) is 21.9. The summed E-state index contributed by atoms with van der Waals surface area (Å²) in [6.07, 6.45) is 11.0. The third-order valence-corrected chi connectivity index (χ3v) is 5.18. The van der Waals surface area contributed by atoms with E-state index in [4.69, 9.17) is 9.47 Å². The molecule has 0 unspecified atom stereocenters. The Kier molecular flexibility index (Phi) is 11.6. The van der Waals surface area contributed by atoms with Gasteiger partial charge in [0.1, 0.15) is 0 Å². The number of hydrogen-bond donors (Lipinski definition) is 0. The third kappa shape index (κ3) is 9.32. The molecule has 0 saturated carbocycles. The molecule has 32 heavy (non-hydrogen) atoms. The Morgan fingerprint density at radius 3 is 1.19 bits per heavy atom. The maximum Gasteiger partial charge on any atom is 0.310 e. The Morgan fingerprint density at radius 1 is 0.531 bits per heavy atom. The van der Waals surface area contributed by atoms with Gasteiger partial charge in [-0.3, -0.25) is 20.2 Å². The lowest BCUT2D eigenvalue weighted by Crippen LogP contribution is -2.00. The van der Waals surface area contributed by atoms with Crippen molar-refractivity contribution >= 4 is 11.4 Å². The van der Waals surface area contributed by atoms with Gasteiger partial charge in [0.2, 0.25) is 0 Å². The molecule has 0 amide bonds. The Labute approximate surface area is 188 Å². The molecule has 0 fully saturated rings. The van der Waals surface area contributed by atoms with Crippen molar-refractivity contribution in [1.82, 2.24) is 0 Å². The summed E-state index contributed by atoms with van der Waals surface area (Å²) in [5.41, 5.74) is 0.0286. The molecule has 0 heterocycles. The van der Waals surface area contributed by atoms with Crippen LogP contribution in [0.1, 0.15) is 64.2 Å². The van der Waals surface area contributed by atoms with Crippen LogP contribution >= 0.6 is 0 Å². The Bertz CT molecular complexity index is 773. The van der Waals surface area contributed by atoms with Gasteiger partial charge in [-0.15, -0.1) is 0 Å². The molecular weight excluding hydrogens is 412 g/mol. The predicted octanol–water partition coefficient (Wildman–Crippen LogP) is 6.86. The second kappa shape index (κ2) is 14.8. The van der Waals surface area contributed by atoms with Crippen LogP contribution in [0.15, 0.2) is 48.5 Å². The minimum atomic E-state index is -0.419. The summed E-state index contributed by atoms with van der Waals surface area (Å²) in [4.78, 5) is 21.1. The maximum atomic E-state index is 10.9. The number of rotatable bonds is 17. The normalized spacial score (nSPS) is 10.6. The SMILES string of the molecule is O=[N+]([O-])c1ccccc1OCCCCCCCCCCCCOc1ccccc1[N+](=O)[O-]. The molecule has 8 nitrogen and oxygen atoms in total. The quantitative estimate of drug-likeness (QED) is 0.150. The van der Waals surface area contributed by atoms with Crippen LogP contribution in [-0.4, -0.2) is 23.1 Å². The molecule has 0 aromatic heterocycles. The zero-order valence-electron chi connectivity index (χ0n) is 18.4. The van der Waals surface area contributed by atoms with E-state index < -0.39 is 9.85 Å². The molecule has 0 radical (unpaired) electrons. The average molecular weight is 445 g/mol. The van der Waals surface area contributed by atoms with Crippen molar-refractivity contribution in [3.8, 4) is 11.5 Å². The van der Waals surface area contributed by atoms with Crippen molar-refractivity contribution < 1.29 is 19.3 Å². The van der Waals surface area contributed by atoms with E-state index >= 15 is 0 Å². The fraction of sp³-hybridized carbons (Fsp3) is 0.500. The zero-order chi connectivity index (χ0) is 23.0. The van der Waals surface area contributed by atoms with Gasteiger partial charge in [0.05, 0.1) is 23.1 Å². The molecule has 2 aromatic rings. The van der Waals surface area contributed by atoms with E-state index in [0.29, 0.717) is 24.7 Å². The van der Waals surface area contributed by atoms with Crippen LogP contribution < -0.4 is 9.47 Å². The van der Waals surface area contributed by atoms with E-state index in [1.54, 1.807) is 36.4 Å². The summed E-state index contributed by atoms with van der Waals surface area (Å²) in [6.45, 7) is 0.998. The number of nitro groups is 2. The van der Waals surface area contributed by atoms with Gasteiger partial charge < -0.3 is 9.47 Å². The molecule has 0 aliphatic rings. The first-order valence-electron chi connectivity index (χ1n) is 11.3. The Balaban J connectivity index is 1.40. The zero-order valence-corrected chi connectivity index (χ0v) is 18.4. The number of unbranched alkanes of at least 4 members (excludes halogenated alkanes) is 9. The lowest BCUT2D eigenvalue weighted by Gasteiger charge is -2.07. The van der Waals surface area contributed by atoms with Gasteiger partial charge in [-0.2, -0.15) is 0 Å². The van der Waals surface area contributed by atoms with Crippen LogP contribution in [0.5, 0.6) is 11.5 Å². The summed E-state index contributed by atoms with van der Waals surface area (Å²) >= 11 is 0. The van der Waals surface area contributed by atoms with Crippen LogP contribution in [-0.2, 0) is 0 Å². The van der Waals surface area contributed by atoms with Crippen molar-refractivity contribution in [3.63, 3.8) is 0 Å². The van der Waals surface area contributed by atoms with Crippen molar-refractivity contribution in [1.29, 1.82) is 0 Å². The highest BCUT2D eigenvalue weighted by Gasteiger charge is 2.13. The number of para-hydroxylation sites is 4. The third-order valence-electron chi connectivity index (χ3n) is 5.18. The van der Waals surface area contributed by atoms with E-state index in [-0.39, 0.29) is 11.4 Å². The average Bonchev–Trinajstić information content (AvgIpc) is 2.79. The van der Waals surface area contributed by atoms with Gasteiger partial charge in [0, 0.05) is 12.1 Å². The molecule has 0 aliphatic carbocycles. The summed E-state index contributed by atoms with van der Waals surface area (Å²) in [7, 11) is 0. The van der Waals surface area contributed by atoms with Gasteiger partial charge in [-0.1, -0.05) is 75.6 Å². The Morgan fingerprint density at radius 2 is 0.844 bits per heavy atom. The topological polar surface area (TPSA) is 105 Å². The predicted molar refractivity (Wildman–Crippen MR) is 123 cm³/mol. The van der Waals surface area contributed by atoms with Crippen molar-refractivity contribution in [2.24, 2.45) is 0 Å². The van der Waals surface area contributed by atoms with Crippen molar-refractivity contribution in [3.05, 3.63) is 68.8 Å². The molecule has 0 N–H and O–H groups in total. The maximum absolute atomic E-state index is 10.9. The van der Waals surface area contributed by atoms with Gasteiger partial charge in [0.15, 0.2) is 11.5 Å². The second-order valence-electron chi connectivity index (χ2n) is 7.68. The monoisotopic (exact) mass is 444 g/mol. The number of benzene rings is 2. The number of nitrogens with zero attached hydrogens (tertiary/aromatic N) is 2. The van der Waals surface area contributed by atoms with Gasteiger partial charge >= 0.3 is 11.4 Å². The Hall–Kier alpha value is -3.16. The molecule has 0 atom stereocenters. The first kappa shape index (κ1) is 25.1. The van der Waals surface area contributed by atoms with Gasteiger partial charge in [-0.25, -0.2) is 0 Å². The summed E-state index contributed by atoms with van der Waals surface area (Å²) in [6, 6.07) is 12.9. The standard InChI is InChI=1S/C24H32N2O6/c27-25(28)21-15-9-11-17-23(21)31-19-13-7-5-3-1-2-4-6-8-14-20-32-24-18-12-10-16-22(24)26(29)30/h9-12,15-18H,1-8,13-14,19-20H2. The second-order valence-corrected chi connectivity index (χ2v) is 7.68. The molecular formula is C24H32N2O6. The lowest BCUT2D eigenvalue weighted by atomic mass is 10.1. The lowest BCUT2D eigenvalue weighted by molar-refractivity contribution is -0.386. The van der Waals surface area contributed by atoms with Crippen LogP contribution in [0.2, 0.25) is 0 Å². The summed E-state index contributed by atoms with van der Waals surface area (Å²) < 4.78 is 11.1. The number of nitro benzene ring substituents is 2. The van der Waals surface area contributed by atoms with Crippen LogP contribution in [0.4, 0.5) is 11.4 Å². The smallest absolute Gasteiger partial charge is 0.310 e. The van der Waals surface area contributed by atoms with Gasteiger partial charge in [0.25, 0.3) is 0 Å². The molecule has 0 bridgehead atoms. The molecule has 0 saturated heterocycles. The van der Waals surface area contributed by atoms with Crippen molar-refractivity contribution in [2.45, 2.75) is 64.2 Å². The largest absolute Gasteiger partial charge is 0.487 e. The molecule has 2 aromatic carbocycles. The highest BCUT2D eigenvalue weighted by molar-refractivity contribution is 5.46. The fourth-order valence-electron chi connectivity index (χ4n) is 3.44. The van der Waals surface area contributed by atoms with E-state index in [9.17, 15) is 20.2 Å². The van der Waals surface area contributed by atoms with E-state index in [1.165, 1.54) is 37.8 Å². The van der Waals surface area contributed by atoms with Crippen LogP contribution in [0, 0.1) is 20.2 Å². The molecule has 174 valence electrons. The number of hydrogen-bond acceptors (Lipinski definition) is 6. The van der Waals surface area contributed by atoms with Gasteiger partial charge in [-0.05, 0) is 25.0 Å². The molecule has 2 rings (SSSR count). The highest BCUT2D eigenvalue weighted by atomic mass is 16.6. The molecule has 0 aliphatic heterocycles. The van der Waals surface area contributed by atoms with E-state index in [2.05, 4.69) is 0 Å². The van der Waals surface area contributed by atoms with Crippen LogP contribution in [0.25, 0.3) is 0 Å². The first-order chi connectivity index (χ1) is 15.6. The summed E-state index contributed by atoms with van der Waals surface area (Å²) in [5.74, 6) is 0.676. The first-order valence-corrected chi connectivity index (χ1v) is 11.3. The van der Waals surface area contributed by atoms with Crippen LogP contribution in [0.3, 0.4) is 0 Å². The van der Waals surface area contributed by atoms with E-state index in [0.717, 1.165) is 38.5 Å².